The van der Waals surface area contributed by atoms with Crippen molar-refractivity contribution in [2.45, 2.75) is 20.0 Å². The summed E-state index contributed by atoms with van der Waals surface area (Å²) in [6, 6.07) is 12.7. The Morgan fingerprint density at radius 2 is 2.08 bits per heavy atom. The molecule has 0 amide bonds. The van der Waals surface area contributed by atoms with Gasteiger partial charge in [-0.3, -0.25) is 4.79 Å². The Bertz CT molecular complexity index is 988. The molecule has 1 aliphatic rings. The molecule has 0 bridgehead atoms. The molecule has 1 aromatic heterocycles. The van der Waals surface area contributed by atoms with E-state index in [0.29, 0.717) is 23.0 Å². The van der Waals surface area contributed by atoms with E-state index in [4.69, 9.17) is 16.3 Å². The molecule has 8 heteroatoms. The van der Waals surface area contributed by atoms with E-state index in [1.165, 1.54) is 0 Å². The molecule has 0 spiro atoms. The van der Waals surface area contributed by atoms with Gasteiger partial charge < -0.3 is 9.68 Å². The minimum Gasteiger partial charge on any atom is -0.423 e. The first kappa shape index (κ1) is 17.0. The molecule has 0 radical (unpaired) electrons. The smallest absolute Gasteiger partial charge is 0.423 e. The van der Waals surface area contributed by atoms with Crippen LogP contribution in [0.5, 0.6) is 0 Å². The second-order valence-electron chi connectivity index (χ2n) is 6.21. The number of nitrogens with zero attached hydrogens (tertiary/aromatic N) is 3. The number of carbonyl (C=O) groups excluding carboxylic acids is 1. The summed E-state index contributed by atoms with van der Waals surface area (Å²) in [7, 11) is -0.924. The largest absolute Gasteiger partial charge is 0.491 e. The third-order valence-corrected chi connectivity index (χ3v) is 4.72. The van der Waals surface area contributed by atoms with Crippen molar-refractivity contribution in [1.82, 2.24) is 15.0 Å². The molecule has 0 aliphatic carbocycles. The van der Waals surface area contributed by atoms with Gasteiger partial charge in [-0.15, -0.1) is 5.10 Å². The lowest BCUT2D eigenvalue weighted by atomic mass is 9.78. The lowest BCUT2D eigenvalue weighted by Gasteiger charge is -2.05. The summed E-state index contributed by atoms with van der Waals surface area (Å²) in [4.78, 5) is 12.7. The number of aromatic nitrogens is 3. The van der Waals surface area contributed by atoms with E-state index in [1.54, 1.807) is 16.8 Å². The lowest BCUT2D eigenvalue weighted by Crippen LogP contribution is -2.28. The summed E-state index contributed by atoms with van der Waals surface area (Å²) in [5.41, 5.74) is 4.25. The van der Waals surface area contributed by atoms with Crippen LogP contribution in [-0.2, 0) is 17.7 Å². The molecule has 0 atom stereocenters. The number of carbonyl (C=O) groups is 1. The van der Waals surface area contributed by atoms with E-state index in [9.17, 15) is 9.82 Å². The van der Waals surface area contributed by atoms with Gasteiger partial charge in [-0.1, -0.05) is 35.0 Å². The number of fused-ring (bicyclic) bond motifs is 1. The Labute approximate surface area is 155 Å². The molecule has 130 valence electrons. The summed E-state index contributed by atoms with van der Waals surface area (Å²) in [6.45, 7) is 2.20. The number of halogens is 1. The van der Waals surface area contributed by atoms with Gasteiger partial charge in [0, 0.05) is 11.4 Å². The summed E-state index contributed by atoms with van der Waals surface area (Å²) in [5.74, 6) is -0.129. The fraction of sp³-hybridized carbons (Fsp3) is 0.167. The average Bonchev–Trinajstić information content (AvgIpc) is 3.19. The van der Waals surface area contributed by atoms with Gasteiger partial charge in [0.05, 0.1) is 18.0 Å². The fourth-order valence-corrected chi connectivity index (χ4v) is 3.18. The number of hydrogen-bond donors (Lipinski definition) is 1. The SMILES string of the molecule is Cc1c(C(=O)Cc2ccc3c(c2)B(O)OC3)nnn1-c1ccc(Cl)cc1. The predicted octanol–water partition coefficient (Wildman–Crippen LogP) is 1.87. The van der Waals surface area contributed by atoms with Crippen molar-refractivity contribution in [3.63, 3.8) is 0 Å². The second-order valence-corrected chi connectivity index (χ2v) is 6.64. The van der Waals surface area contributed by atoms with Crippen molar-refractivity contribution in [2.75, 3.05) is 0 Å². The minimum atomic E-state index is -0.924. The van der Waals surface area contributed by atoms with Crippen LogP contribution in [0, 0.1) is 6.92 Å². The number of benzene rings is 2. The first-order chi connectivity index (χ1) is 12.5. The van der Waals surface area contributed by atoms with E-state index in [2.05, 4.69) is 10.3 Å². The van der Waals surface area contributed by atoms with Gasteiger partial charge in [0.2, 0.25) is 0 Å². The van der Waals surface area contributed by atoms with Gasteiger partial charge in [0.25, 0.3) is 0 Å². The summed E-state index contributed by atoms with van der Waals surface area (Å²) >= 11 is 5.91. The van der Waals surface area contributed by atoms with Crippen molar-refractivity contribution in [3.8, 4) is 5.69 Å². The molecular weight excluding hydrogens is 352 g/mol. The highest BCUT2D eigenvalue weighted by molar-refractivity contribution is 6.61. The Kier molecular flexibility index (Phi) is 4.36. The zero-order chi connectivity index (χ0) is 18.3. The first-order valence-electron chi connectivity index (χ1n) is 8.16. The van der Waals surface area contributed by atoms with Crippen LogP contribution in [0.4, 0.5) is 0 Å². The molecule has 6 nitrogen and oxygen atoms in total. The quantitative estimate of drug-likeness (QED) is 0.563. The Morgan fingerprint density at radius 3 is 2.85 bits per heavy atom. The zero-order valence-corrected chi connectivity index (χ0v) is 14.8. The van der Waals surface area contributed by atoms with Gasteiger partial charge in [-0.05, 0) is 47.8 Å². The number of Topliss-reactive ketones (excluding diaryl/α,β-unsaturated/α-hetero) is 1. The molecule has 0 saturated heterocycles. The Balaban J connectivity index is 1.58. The molecule has 0 unspecified atom stereocenters. The minimum absolute atomic E-state index is 0.129. The van der Waals surface area contributed by atoms with E-state index in [1.807, 2.05) is 37.3 Å². The second kappa shape index (κ2) is 6.68. The fourth-order valence-electron chi connectivity index (χ4n) is 3.06. The molecule has 3 aromatic rings. The van der Waals surface area contributed by atoms with E-state index in [-0.39, 0.29) is 12.2 Å². The van der Waals surface area contributed by atoms with Gasteiger partial charge in [-0.25, -0.2) is 4.68 Å². The maximum absolute atomic E-state index is 12.7. The maximum Gasteiger partial charge on any atom is 0.491 e. The molecule has 1 aliphatic heterocycles. The topological polar surface area (TPSA) is 77.2 Å². The number of ketones is 1. The van der Waals surface area contributed by atoms with Crippen LogP contribution in [0.1, 0.15) is 27.3 Å². The van der Waals surface area contributed by atoms with Crippen molar-refractivity contribution in [3.05, 3.63) is 70.0 Å². The van der Waals surface area contributed by atoms with Crippen LogP contribution in [0.3, 0.4) is 0 Å². The molecule has 2 heterocycles. The molecule has 4 rings (SSSR count). The van der Waals surface area contributed by atoms with Crippen LogP contribution in [0.15, 0.2) is 42.5 Å². The van der Waals surface area contributed by atoms with Crippen molar-refractivity contribution in [2.24, 2.45) is 0 Å². The predicted molar refractivity (Wildman–Crippen MR) is 98.0 cm³/mol. The monoisotopic (exact) mass is 367 g/mol. The summed E-state index contributed by atoms with van der Waals surface area (Å²) < 4.78 is 6.80. The highest BCUT2D eigenvalue weighted by atomic mass is 35.5. The number of hydrogen-bond acceptors (Lipinski definition) is 5. The van der Waals surface area contributed by atoms with Gasteiger partial charge in [-0.2, -0.15) is 0 Å². The lowest BCUT2D eigenvalue weighted by molar-refractivity contribution is 0.0987. The van der Waals surface area contributed by atoms with Gasteiger partial charge in [0.15, 0.2) is 11.5 Å². The Hall–Kier alpha value is -2.48. The first-order valence-corrected chi connectivity index (χ1v) is 8.53. The standard InChI is InChI=1S/C18H15BClN3O3/c1-11-18(21-22-23(11)15-6-4-14(20)5-7-15)17(24)9-12-2-3-13-10-26-19(25)16(13)8-12/h2-8,25H,9-10H2,1H3. The van der Waals surface area contributed by atoms with E-state index >= 15 is 0 Å². The van der Waals surface area contributed by atoms with Crippen molar-refractivity contribution < 1.29 is 14.5 Å². The normalized spacial score (nSPS) is 13.1. The van der Waals surface area contributed by atoms with Gasteiger partial charge >= 0.3 is 7.12 Å². The van der Waals surface area contributed by atoms with Crippen molar-refractivity contribution in [1.29, 1.82) is 0 Å². The van der Waals surface area contributed by atoms with Crippen molar-refractivity contribution >= 4 is 30.0 Å². The third-order valence-electron chi connectivity index (χ3n) is 4.47. The van der Waals surface area contributed by atoms with Crippen LogP contribution >= 0.6 is 11.6 Å². The van der Waals surface area contributed by atoms with Crippen LogP contribution < -0.4 is 5.46 Å². The highest BCUT2D eigenvalue weighted by Gasteiger charge is 2.27. The molecule has 2 aromatic carbocycles. The molecule has 0 saturated carbocycles. The Morgan fingerprint density at radius 1 is 1.31 bits per heavy atom. The van der Waals surface area contributed by atoms with E-state index < -0.39 is 7.12 Å². The van der Waals surface area contributed by atoms with Crippen LogP contribution in [0.25, 0.3) is 5.69 Å². The summed E-state index contributed by atoms with van der Waals surface area (Å²) in [6.07, 6.45) is 0.181. The van der Waals surface area contributed by atoms with Crippen LogP contribution in [-0.4, -0.2) is 32.9 Å². The molecule has 1 N–H and O–H groups in total. The molecular formula is C18H15BClN3O3. The average molecular weight is 368 g/mol. The molecule has 0 fully saturated rings. The zero-order valence-electron chi connectivity index (χ0n) is 14.0. The number of rotatable bonds is 4. The maximum atomic E-state index is 12.7. The van der Waals surface area contributed by atoms with Crippen LogP contribution in [0.2, 0.25) is 5.02 Å². The highest BCUT2D eigenvalue weighted by Crippen LogP contribution is 2.17. The van der Waals surface area contributed by atoms with E-state index in [0.717, 1.165) is 22.3 Å². The summed E-state index contributed by atoms with van der Waals surface area (Å²) in [5, 5.41) is 18.6. The van der Waals surface area contributed by atoms with Gasteiger partial charge in [0.1, 0.15) is 0 Å². The third kappa shape index (κ3) is 3.05. The molecule has 26 heavy (non-hydrogen) atoms.